The summed E-state index contributed by atoms with van der Waals surface area (Å²) >= 11 is 1.51. The van der Waals surface area contributed by atoms with Gasteiger partial charge in [-0.25, -0.2) is 4.68 Å². The summed E-state index contributed by atoms with van der Waals surface area (Å²) < 4.78 is 7.82. The summed E-state index contributed by atoms with van der Waals surface area (Å²) in [5, 5.41) is 20.2. The van der Waals surface area contributed by atoms with Gasteiger partial charge in [-0.05, 0) is 35.9 Å². The average molecular weight is 414 g/mol. The molecule has 3 aromatic carbocycles. The van der Waals surface area contributed by atoms with Crippen molar-refractivity contribution < 1.29 is 9.52 Å². The Morgan fingerprint density at radius 3 is 2.67 bits per heavy atom. The van der Waals surface area contributed by atoms with Crippen LogP contribution in [-0.4, -0.2) is 22.5 Å². The molecule has 0 saturated heterocycles. The van der Waals surface area contributed by atoms with Crippen molar-refractivity contribution >= 4 is 39.3 Å². The molecule has 0 spiro atoms. The highest BCUT2D eigenvalue weighted by molar-refractivity contribution is 7.07. The summed E-state index contributed by atoms with van der Waals surface area (Å²) in [5.41, 5.74) is 2.32. The van der Waals surface area contributed by atoms with E-state index in [9.17, 15) is 5.11 Å². The molecule has 0 radical (unpaired) electrons. The van der Waals surface area contributed by atoms with Crippen molar-refractivity contribution in [2.75, 3.05) is 6.54 Å². The predicted molar refractivity (Wildman–Crippen MR) is 122 cm³/mol. The number of thiazole rings is 1. The van der Waals surface area contributed by atoms with E-state index in [1.54, 1.807) is 17.0 Å². The van der Waals surface area contributed by atoms with E-state index in [4.69, 9.17) is 9.52 Å². The van der Waals surface area contributed by atoms with Gasteiger partial charge in [0.05, 0.1) is 6.21 Å². The number of hydrogen-bond acceptors (Lipinski definition) is 5. The standard InChI is InChI=1S/C24H19N3O2S/c1-2-25-24-27(20(15-30-24)23-13-17-8-4-6-10-22(17)29-23)26-14-19-18-9-5-3-7-16(18)11-12-21(19)28/h3-15,28H,2H2,1H3. The van der Waals surface area contributed by atoms with Gasteiger partial charge >= 0.3 is 0 Å². The molecule has 6 heteroatoms. The van der Waals surface area contributed by atoms with Crippen LogP contribution in [0.15, 0.2) is 86.6 Å². The second-order valence-corrected chi connectivity index (χ2v) is 7.64. The Labute approximate surface area is 176 Å². The molecule has 0 bridgehead atoms. The van der Waals surface area contributed by atoms with Crippen LogP contribution in [0, 0.1) is 0 Å². The minimum Gasteiger partial charge on any atom is -0.507 e. The Morgan fingerprint density at radius 1 is 1.03 bits per heavy atom. The fourth-order valence-corrected chi connectivity index (χ4v) is 4.35. The molecule has 0 aliphatic rings. The van der Waals surface area contributed by atoms with Gasteiger partial charge in [-0.1, -0.05) is 48.5 Å². The summed E-state index contributed by atoms with van der Waals surface area (Å²) in [6, 6.07) is 21.4. The van der Waals surface area contributed by atoms with Gasteiger partial charge in [0, 0.05) is 22.9 Å². The SMILES string of the molecule is CCN=c1scc(-c2cc3ccccc3o2)n1N=Cc1c(O)ccc2ccccc12. The molecule has 1 N–H and O–H groups in total. The zero-order valence-electron chi connectivity index (χ0n) is 16.3. The zero-order chi connectivity index (χ0) is 20.5. The number of fused-ring (bicyclic) bond motifs is 2. The smallest absolute Gasteiger partial charge is 0.206 e. The maximum Gasteiger partial charge on any atom is 0.206 e. The first-order valence-corrected chi connectivity index (χ1v) is 10.6. The zero-order valence-corrected chi connectivity index (χ0v) is 17.1. The molecule has 148 valence electrons. The summed E-state index contributed by atoms with van der Waals surface area (Å²) in [7, 11) is 0. The van der Waals surface area contributed by atoms with Crippen LogP contribution < -0.4 is 4.80 Å². The van der Waals surface area contributed by atoms with Gasteiger partial charge in [-0.3, -0.25) is 4.99 Å². The Kier molecular flexibility index (Phi) is 4.69. The van der Waals surface area contributed by atoms with E-state index in [-0.39, 0.29) is 5.75 Å². The van der Waals surface area contributed by atoms with Crippen molar-refractivity contribution in [3.8, 4) is 17.2 Å². The second-order valence-electron chi connectivity index (χ2n) is 6.80. The Morgan fingerprint density at radius 2 is 1.83 bits per heavy atom. The van der Waals surface area contributed by atoms with Crippen LogP contribution in [0.25, 0.3) is 33.2 Å². The normalized spacial score (nSPS) is 12.5. The van der Waals surface area contributed by atoms with E-state index in [1.807, 2.05) is 73.0 Å². The number of benzene rings is 3. The minimum absolute atomic E-state index is 0.188. The van der Waals surface area contributed by atoms with E-state index < -0.39 is 0 Å². The molecule has 0 aliphatic heterocycles. The molecule has 0 atom stereocenters. The minimum atomic E-state index is 0.188. The third kappa shape index (κ3) is 3.21. The number of aromatic nitrogens is 1. The average Bonchev–Trinajstić information content (AvgIpc) is 3.37. The van der Waals surface area contributed by atoms with Crippen LogP contribution in [0.4, 0.5) is 0 Å². The fourth-order valence-electron chi connectivity index (χ4n) is 3.47. The van der Waals surface area contributed by atoms with E-state index in [1.165, 1.54) is 11.3 Å². The number of nitrogens with zero attached hydrogens (tertiary/aromatic N) is 3. The first-order chi connectivity index (χ1) is 14.7. The first-order valence-electron chi connectivity index (χ1n) is 9.69. The molecule has 5 rings (SSSR count). The Balaban J connectivity index is 1.67. The quantitative estimate of drug-likeness (QED) is 0.389. The summed E-state index contributed by atoms with van der Waals surface area (Å²) in [6.45, 7) is 2.64. The van der Waals surface area contributed by atoms with E-state index in [2.05, 4.69) is 4.99 Å². The van der Waals surface area contributed by atoms with Crippen LogP contribution in [0.1, 0.15) is 12.5 Å². The van der Waals surface area contributed by atoms with E-state index >= 15 is 0 Å². The van der Waals surface area contributed by atoms with E-state index in [0.29, 0.717) is 12.1 Å². The Hall–Kier alpha value is -3.64. The fraction of sp³-hybridized carbons (Fsp3) is 0.0833. The van der Waals surface area contributed by atoms with Gasteiger partial charge in [-0.15, -0.1) is 11.3 Å². The number of furan rings is 1. The number of para-hydroxylation sites is 1. The first kappa shape index (κ1) is 18.4. The van der Waals surface area contributed by atoms with Gasteiger partial charge in [0.25, 0.3) is 0 Å². The topological polar surface area (TPSA) is 63.0 Å². The van der Waals surface area contributed by atoms with Gasteiger partial charge in [-0.2, -0.15) is 5.10 Å². The molecule has 5 nitrogen and oxygen atoms in total. The number of phenolic OH excluding ortho intramolecular Hbond substituents is 1. The third-order valence-corrected chi connectivity index (χ3v) is 5.76. The van der Waals surface area contributed by atoms with Gasteiger partial charge in [0.1, 0.15) is 17.0 Å². The second kappa shape index (κ2) is 7.65. The van der Waals surface area contributed by atoms with Crippen LogP contribution in [0.5, 0.6) is 5.75 Å². The lowest BCUT2D eigenvalue weighted by Crippen LogP contribution is -2.12. The molecule has 0 aliphatic carbocycles. The predicted octanol–water partition coefficient (Wildman–Crippen LogP) is 5.62. The lowest BCUT2D eigenvalue weighted by Gasteiger charge is -2.05. The van der Waals surface area contributed by atoms with Gasteiger partial charge in [0.15, 0.2) is 5.76 Å². The lowest BCUT2D eigenvalue weighted by molar-refractivity contribution is 0.475. The van der Waals surface area contributed by atoms with Crippen molar-refractivity contribution in [1.82, 2.24) is 4.68 Å². The van der Waals surface area contributed by atoms with Gasteiger partial charge in [0.2, 0.25) is 4.80 Å². The monoisotopic (exact) mass is 413 g/mol. The molecular weight excluding hydrogens is 394 g/mol. The van der Waals surface area contributed by atoms with Crippen LogP contribution >= 0.6 is 11.3 Å². The molecule has 2 aromatic heterocycles. The summed E-state index contributed by atoms with van der Waals surface area (Å²) in [6.07, 6.45) is 1.69. The molecule has 0 amide bonds. The molecule has 2 heterocycles. The maximum absolute atomic E-state index is 10.5. The molecule has 0 saturated carbocycles. The summed E-state index contributed by atoms with van der Waals surface area (Å²) in [4.78, 5) is 5.33. The highest BCUT2D eigenvalue weighted by Gasteiger charge is 2.13. The number of hydrogen-bond donors (Lipinski definition) is 1. The molecule has 5 aromatic rings. The summed E-state index contributed by atoms with van der Waals surface area (Å²) in [5.74, 6) is 0.914. The molecule has 0 fully saturated rings. The van der Waals surface area contributed by atoms with Crippen LogP contribution in [-0.2, 0) is 0 Å². The largest absolute Gasteiger partial charge is 0.507 e. The van der Waals surface area contributed by atoms with Crippen LogP contribution in [0.2, 0.25) is 0 Å². The van der Waals surface area contributed by atoms with E-state index in [0.717, 1.165) is 38.0 Å². The van der Waals surface area contributed by atoms with Crippen molar-refractivity contribution in [2.45, 2.75) is 6.92 Å². The number of rotatable bonds is 4. The lowest BCUT2D eigenvalue weighted by atomic mass is 10.0. The molecular formula is C24H19N3O2S. The molecule has 0 unspecified atom stereocenters. The number of aromatic hydroxyl groups is 1. The van der Waals surface area contributed by atoms with Crippen molar-refractivity contribution in [3.05, 3.63) is 82.5 Å². The highest BCUT2D eigenvalue weighted by atomic mass is 32.1. The van der Waals surface area contributed by atoms with Crippen LogP contribution in [0.3, 0.4) is 0 Å². The molecule has 30 heavy (non-hydrogen) atoms. The highest BCUT2D eigenvalue weighted by Crippen LogP contribution is 2.29. The Bertz CT molecular complexity index is 1420. The van der Waals surface area contributed by atoms with Crippen molar-refractivity contribution in [1.29, 1.82) is 0 Å². The van der Waals surface area contributed by atoms with Crippen molar-refractivity contribution in [3.63, 3.8) is 0 Å². The third-order valence-electron chi connectivity index (χ3n) is 4.91. The number of phenols is 1. The van der Waals surface area contributed by atoms with Crippen molar-refractivity contribution in [2.24, 2.45) is 10.1 Å². The van der Waals surface area contributed by atoms with Gasteiger partial charge < -0.3 is 9.52 Å². The maximum atomic E-state index is 10.5.